The van der Waals surface area contributed by atoms with E-state index in [9.17, 15) is 4.79 Å². The molecule has 4 heteroatoms. The monoisotopic (exact) mass is 394 g/mol. The highest BCUT2D eigenvalue weighted by Crippen LogP contribution is 2.40. The van der Waals surface area contributed by atoms with Crippen LogP contribution in [0.3, 0.4) is 0 Å². The number of ether oxygens (including phenoxy) is 1. The molecule has 0 spiro atoms. The molecule has 0 bridgehead atoms. The number of rotatable bonds is 8. The maximum absolute atomic E-state index is 12.4. The van der Waals surface area contributed by atoms with Gasteiger partial charge in [-0.05, 0) is 62.9 Å². The molecule has 0 aromatic heterocycles. The van der Waals surface area contributed by atoms with Crippen molar-refractivity contribution in [2.24, 2.45) is 11.8 Å². The molecule has 0 saturated heterocycles. The maximum Gasteiger partial charge on any atom is 0.255 e. The van der Waals surface area contributed by atoms with Gasteiger partial charge in [-0.3, -0.25) is 4.79 Å². The Kier molecular flexibility index (Phi) is 7.70. The van der Waals surface area contributed by atoms with E-state index in [0.717, 1.165) is 13.0 Å². The van der Waals surface area contributed by atoms with Crippen molar-refractivity contribution >= 4 is 5.91 Å². The zero-order chi connectivity index (χ0) is 20.6. The second-order valence-electron chi connectivity index (χ2n) is 8.34. The third-order valence-corrected chi connectivity index (χ3v) is 6.23. The van der Waals surface area contributed by atoms with Crippen molar-refractivity contribution in [1.82, 2.24) is 10.2 Å². The van der Waals surface area contributed by atoms with Gasteiger partial charge in [-0.25, -0.2) is 0 Å². The van der Waals surface area contributed by atoms with Crippen molar-refractivity contribution in [2.45, 2.75) is 38.1 Å². The van der Waals surface area contributed by atoms with E-state index in [-0.39, 0.29) is 5.91 Å². The molecule has 0 heterocycles. The summed E-state index contributed by atoms with van der Waals surface area (Å²) in [5.74, 6) is 1.98. The Balaban J connectivity index is 1.47. The standard InChI is InChI=1S/C25H34N2O2/c1-27(2)24(20-9-5-4-6-10-20)21-15-13-19(14-16-21)17-18-26-25(28)22-11-7-8-12-23(22)29-3/h4-12,19,21,24H,13-18H2,1-3H3,(H,26,28). The normalized spacial score (nSPS) is 20.3. The Labute approximate surface area is 175 Å². The zero-order valence-electron chi connectivity index (χ0n) is 17.9. The molecule has 29 heavy (non-hydrogen) atoms. The Morgan fingerprint density at radius 3 is 2.34 bits per heavy atom. The van der Waals surface area contributed by atoms with Crippen LogP contribution in [-0.4, -0.2) is 38.6 Å². The van der Waals surface area contributed by atoms with E-state index in [1.54, 1.807) is 7.11 Å². The maximum atomic E-state index is 12.4. The number of hydrogen-bond acceptors (Lipinski definition) is 3. The number of nitrogens with zero attached hydrogens (tertiary/aromatic N) is 1. The van der Waals surface area contributed by atoms with Gasteiger partial charge in [0.15, 0.2) is 0 Å². The van der Waals surface area contributed by atoms with Gasteiger partial charge >= 0.3 is 0 Å². The van der Waals surface area contributed by atoms with Crippen molar-refractivity contribution < 1.29 is 9.53 Å². The van der Waals surface area contributed by atoms with Crippen LogP contribution in [0.2, 0.25) is 0 Å². The van der Waals surface area contributed by atoms with Crippen LogP contribution in [-0.2, 0) is 0 Å². The highest BCUT2D eigenvalue weighted by atomic mass is 16.5. The molecule has 0 aliphatic heterocycles. The SMILES string of the molecule is COc1ccccc1C(=O)NCCC1CCC(C(c2ccccc2)N(C)C)CC1. The lowest BCUT2D eigenvalue weighted by atomic mass is 9.75. The van der Waals surface area contributed by atoms with Gasteiger partial charge in [-0.15, -0.1) is 0 Å². The fourth-order valence-electron chi connectivity index (χ4n) is 4.75. The van der Waals surface area contributed by atoms with Gasteiger partial charge in [-0.1, -0.05) is 55.3 Å². The molecule has 1 saturated carbocycles. The van der Waals surface area contributed by atoms with Crippen molar-refractivity contribution in [3.05, 3.63) is 65.7 Å². The average Bonchev–Trinajstić information content (AvgIpc) is 2.75. The van der Waals surface area contributed by atoms with E-state index in [0.29, 0.717) is 29.2 Å². The van der Waals surface area contributed by atoms with Gasteiger partial charge in [-0.2, -0.15) is 0 Å². The lowest BCUT2D eigenvalue weighted by molar-refractivity contribution is 0.0944. The Bertz CT molecular complexity index is 767. The van der Waals surface area contributed by atoms with Crippen molar-refractivity contribution in [3.63, 3.8) is 0 Å². The number of amides is 1. The molecule has 1 N–H and O–H groups in total. The van der Waals surface area contributed by atoms with Crippen molar-refractivity contribution in [2.75, 3.05) is 27.7 Å². The molecule has 1 aliphatic rings. The molecule has 156 valence electrons. The molecule has 1 amide bonds. The van der Waals surface area contributed by atoms with E-state index >= 15 is 0 Å². The molecule has 3 rings (SSSR count). The van der Waals surface area contributed by atoms with Gasteiger partial charge in [0.1, 0.15) is 5.75 Å². The minimum Gasteiger partial charge on any atom is -0.496 e. The second kappa shape index (κ2) is 10.4. The van der Waals surface area contributed by atoms with Gasteiger partial charge in [0.2, 0.25) is 0 Å². The first-order valence-electron chi connectivity index (χ1n) is 10.7. The smallest absolute Gasteiger partial charge is 0.255 e. The van der Waals surface area contributed by atoms with Crippen molar-refractivity contribution in [3.8, 4) is 5.75 Å². The summed E-state index contributed by atoms with van der Waals surface area (Å²) < 4.78 is 5.29. The Hall–Kier alpha value is -2.33. The molecule has 2 aromatic rings. The summed E-state index contributed by atoms with van der Waals surface area (Å²) in [6.07, 6.45) is 6.04. The van der Waals surface area contributed by atoms with Crippen LogP contribution < -0.4 is 10.1 Å². The molecule has 1 unspecified atom stereocenters. The van der Waals surface area contributed by atoms with Crippen LogP contribution in [0.4, 0.5) is 0 Å². The number of benzene rings is 2. The summed E-state index contributed by atoms with van der Waals surface area (Å²) in [5, 5.41) is 3.07. The van der Waals surface area contributed by atoms with Crippen LogP contribution in [0.5, 0.6) is 5.75 Å². The lowest BCUT2D eigenvalue weighted by Crippen LogP contribution is -2.31. The molecular formula is C25H34N2O2. The highest BCUT2D eigenvalue weighted by molar-refractivity contribution is 5.96. The number of methoxy groups -OCH3 is 1. The topological polar surface area (TPSA) is 41.6 Å². The quantitative estimate of drug-likeness (QED) is 0.691. The summed E-state index contributed by atoms with van der Waals surface area (Å²) >= 11 is 0. The van der Waals surface area contributed by atoms with E-state index < -0.39 is 0 Å². The van der Waals surface area contributed by atoms with Gasteiger partial charge in [0.25, 0.3) is 5.91 Å². The summed E-state index contributed by atoms with van der Waals surface area (Å²) in [6, 6.07) is 18.7. The minimum absolute atomic E-state index is 0.0483. The van der Waals surface area contributed by atoms with Crippen LogP contribution in [0.25, 0.3) is 0 Å². The first-order valence-corrected chi connectivity index (χ1v) is 10.7. The predicted octanol–water partition coefficient (Wildman–Crippen LogP) is 4.92. The van der Waals surface area contributed by atoms with Gasteiger partial charge in [0.05, 0.1) is 12.7 Å². The van der Waals surface area contributed by atoms with E-state index in [1.165, 1.54) is 31.2 Å². The van der Waals surface area contributed by atoms with Gasteiger partial charge in [0, 0.05) is 12.6 Å². The number of carbonyl (C=O) groups is 1. The number of para-hydroxylation sites is 1. The third-order valence-electron chi connectivity index (χ3n) is 6.23. The Morgan fingerprint density at radius 2 is 1.69 bits per heavy atom. The van der Waals surface area contributed by atoms with Gasteiger partial charge < -0.3 is 15.0 Å². The molecule has 1 aliphatic carbocycles. The second-order valence-corrected chi connectivity index (χ2v) is 8.34. The first kappa shape index (κ1) is 21.4. The van der Waals surface area contributed by atoms with Crippen LogP contribution in [0.15, 0.2) is 54.6 Å². The van der Waals surface area contributed by atoms with Crippen LogP contribution in [0.1, 0.15) is 54.1 Å². The first-order chi connectivity index (χ1) is 14.1. The molecule has 1 fully saturated rings. The summed E-state index contributed by atoms with van der Waals surface area (Å²) in [6.45, 7) is 0.724. The highest BCUT2D eigenvalue weighted by Gasteiger charge is 2.29. The summed E-state index contributed by atoms with van der Waals surface area (Å²) in [7, 11) is 5.98. The number of nitrogens with one attached hydrogen (secondary N) is 1. The molecular weight excluding hydrogens is 360 g/mol. The minimum atomic E-state index is -0.0483. The molecule has 0 radical (unpaired) electrons. The predicted molar refractivity (Wildman–Crippen MR) is 118 cm³/mol. The largest absolute Gasteiger partial charge is 0.496 e. The van der Waals surface area contributed by atoms with E-state index in [4.69, 9.17) is 4.74 Å². The lowest BCUT2D eigenvalue weighted by Gasteiger charge is -2.37. The van der Waals surface area contributed by atoms with Crippen LogP contribution in [0, 0.1) is 11.8 Å². The van der Waals surface area contributed by atoms with Crippen LogP contribution >= 0.6 is 0 Å². The average molecular weight is 395 g/mol. The molecule has 4 nitrogen and oxygen atoms in total. The number of carbonyl (C=O) groups excluding carboxylic acids is 1. The van der Waals surface area contributed by atoms with Crippen molar-refractivity contribution in [1.29, 1.82) is 0 Å². The third kappa shape index (κ3) is 5.60. The molecule has 1 atom stereocenters. The molecule has 2 aromatic carbocycles. The van der Waals surface area contributed by atoms with E-state index in [2.05, 4.69) is 54.6 Å². The number of hydrogen-bond donors (Lipinski definition) is 1. The summed E-state index contributed by atoms with van der Waals surface area (Å²) in [4.78, 5) is 14.8. The fraction of sp³-hybridized carbons (Fsp3) is 0.480. The zero-order valence-corrected chi connectivity index (χ0v) is 17.9. The Morgan fingerprint density at radius 1 is 1.03 bits per heavy atom. The fourth-order valence-corrected chi connectivity index (χ4v) is 4.75. The summed E-state index contributed by atoms with van der Waals surface area (Å²) in [5.41, 5.74) is 2.03. The van der Waals surface area contributed by atoms with E-state index in [1.807, 2.05) is 24.3 Å².